The van der Waals surface area contributed by atoms with Crippen LogP contribution in [0.25, 0.3) is 0 Å². The van der Waals surface area contributed by atoms with Gasteiger partial charge in [-0.2, -0.15) is 0 Å². The highest BCUT2D eigenvalue weighted by Crippen LogP contribution is 2.42. The molecule has 0 aromatic carbocycles. The van der Waals surface area contributed by atoms with Gasteiger partial charge in [-0.1, -0.05) is 199 Å². The monoisotopic (exact) mass is 814 g/mol. The van der Waals surface area contributed by atoms with Crippen molar-refractivity contribution in [3.05, 3.63) is 24.3 Å². The third kappa shape index (κ3) is 43.6. The minimum Gasteiger partial charge on any atom is -0.463 e. The number of amides is 1. The highest BCUT2D eigenvalue weighted by molar-refractivity contribution is 7.47. The maximum atomic E-state index is 12.1. The van der Waals surface area contributed by atoms with Crippen molar-refractivity contribution in [3.8, 4) is 0 Å². The maximum absolute atomic E-state index is 12.1. The van der Waals surface area contributed by atoms with E-state index in [1.807, 2.05) is 0 Å². The van der Waals surface area contributed by atoms with Crippen molar-refractivity contribution in [2.24, 2.45) is 0 Å². The molecule has 0 saturated carbocycles. The molecule has 330 valence electrons. The van der Waals surface area contributed by atoms with Gasteiger partial charge in [0.2, 0.25) is 5.91 Å². The molecule has 0 aromatic heterocycles. The molecule has 10 heteroatoms. The zero-order valence-corrected chi connectivity index (χ0v) is 37.2. The van der Waals surface area contributed by atoms with Crippen LogP contribution in [0.5, 0.6) is 0 Å². The number of ether oxygens (including phenoxy) is 1. The van der Waals surface area contributed by atoms with E-state index in [0.29, 0.717) is 6.42 Å². The minimum atomic E-state index is -4.42. The fraction of sp³-hybridized carbons (Fsp3) is 0.870. The van der Waals surface area contributed by atoms with Gasteiger partial charge in [-0.3, -0.25) is 18.6 Å². The van der Waals surface area contributed by atoms with E-state index in [4.69, 9.17) is 13.8 Å². The molecule has 56 heavy (non-hydrogen) atoms. The molecule has 1 amide bonds. The van der Waals surface area contributed by atoms with E-state index < -0.39 is 26.5 Å². The van der Waals surface area contributed by atoms with Crippen molar-refractivity contribution >= 4 is 19.7 Å². The molecular weight excluding hydrogens is 725 g/mol. The number of phosphoric acid groups is 1. The Labute approximate surface area is 344 Å². The van der Waals surface area contributed by atoms with Gasteiger partial charge in [0.05, 0.1) is 13.2 Å². The molecule has 0 saturated heterocycles. The number of aliphatic hydroxyl groups is 1. The summed E-state index contributed by atoms with van der Waals surface area (Å²) >= 11 is 0. The molecule has 0 aliphatic rings. The number of rotatable bonds is 44. The number of carbonyl (C=O) groups is 2. The molecular formula is C46H88NO8P. The summed E-state index contributed by atoms with van der Waals surface area (Å²) in [5.74, 6) is -0.523. The second-order valence-electron chi connectivity index (χ2n) is 15.7. The molecule has 0 aliphatic heterocycles. The summed E-state index contributed by atoms with van der Waals surface area (Å²) in [4.78, 5) is 33.9. The van der Waals surface area contributed by atoms with E-state index in [1.54, 1.807) is 0 Å². The van der Waals surface area contributed by atoms with Crippen molar-refractivity contribution in [1.82, 2.24) is 5.32 Å². The molecule has 2 unspecified atom stereocenters. The first-order valence-electron chi connectivity index (χ1n) is 23.3. The van der Waals surface area contributed by atoms with Crippen LogP contribution in [0.2, 0.25) is 0 Å². The van der Waals surface area contributed by atoms with E-state index in [2.05, 4.69) is 43.5 Å². The highest BCUT2D eigenvalue weighted by Gasteiger charge is 2.23. The van der Waals surface area contributed by atoms with Gasteiger partial charge < -0.3 is 20.1 Å². The Morgan fingerprint density at radius 2 is 1.00 bits per heavy atom. The van der Waals surface area contributed by atoms with Gasteiger partial charge in [0.1, 0.15) is 12.7 Å². The number of hydrogen-bond acceptors (Lipinski definition) is 7. The summed E-state index contributed by atoms with van der Waals surface area (Å²) in [5.41, 5.74) is 0. The molecule has 2 atom stereocenters. The molecule has 0 aliphatic carbocycles. The van der Waals surface area contributed by atoms with Gasteiger partial charge in [-0.15, -0.1) is 0 Å². The zero-order chi connectivity index (χ0) is 41.1. The second kappa shape index (κ2) is 43.1. The molecule has 0 spiro atoms. The number of carbonyl (C=O) groups excluding carboxylic acids is 2. The van der Waals surface area contributed by atoms with Gasteiger partial charge in [0.25, 0.3) is 0 Å². The van der Waals surface area contributed by atoms with Crippen molar-refractivity contribution in [1.29, 1.82) is 0 Å². The molecule has 0 fully saturated rings. The van der Waals surface area contributed by atoms with E-state index in [1.165, 1.54) is 128 Å². The lowest BCUT2D eigenvalue weighted by atomic mass is 10.0. The van der Waals surface area contributed by atoms with E-state index in [-0.39, 0.29) is 32.1 Å². The summed E-state index contributed by atoms with van der Waals surface area (Å²) in [6.07, 6.45) is 46.9. The van der Waals surface area contributed by atoms with Crippen LogP contribution in [-0.4, -0.2) is 54.3 Å². The predicted molar refractivity (Wildman–Crippen MR) is 234 cm³/mol. The van der Waals surface area contributed by atoms with Crippen LogP contribution in [0, 0.1) is 0 Å². The van der Waals surface area contributed by atoms with E-state index >= 15 is 0 Å². The SMILES string of the molecule is CCC/C=C\C/C=C\CCCCCCCC(=O)NCCOP(=O)(O)OCC(O)COC(=O)CCCCCCCCCCCCCCCCCCCCCCCC. The Balaban J connectivity index is 3.54. The predicted octanol–water partition coefficient (Wildman–Crippen LogP) is 13.2. The van der Waals surface area contributed by atoms with Gasteiger partial charge in [0, 0.05) is 19.4 Å². The third-order valence-electron chi connectivity index (χ3n) is 10.1. The zero-order valence-electron chi connectivity index (χ0n) is 36.3. The van der Waals surface area contributed by atoms with E-state index in [9.17, 15) is 24.2 Å². The number of nitrogens with one attached hydrogen (secondary N) is 1. The molecule has 9 nitrogen and oxygen atoms in total. The van der Waals surface area contributed by atoms with Gasteiger partial charge in [0.15, 0.2) is 0 Å². The lowest BCUT2D eigenvalue weighted by molar-refractivity contribution is -0.147. The van der Waals surface area contributed by atoms with Crippen LogP contribution in [0.1, 0.15) is 226 Å². The Bertz CT molecular complexity index is 975. The summed E-state index contributed by atoms with van der Waals surface area (Å²) in [6, 6.07) is 0. The van der Waals surface area contributed by atoms with Crippen LogP contribution >= 0.6 is 7.82 Å². The lowest BCUT2D eigenvalue weighted by Crippen LogP contribution is -2.27. The summed E-state index contributed by atoms with van der Waals surface area (Å²) in [7, 11) is -4.42. The van der Waals surface area contributed by atoms with Crippen LogP contribution in [0.15, 0.2) is 24.3 Å². The smallest absolute Gasteiger partial charge is 0.463 e. The highest BCUT2D eigenvalue weighted by atomic mass is 31.2. The maximum Gasteiger partial charge on any atom is 0.472 e. The van der Waals surface area contributed by atoms with Crippen molar-refractivity contribution < 1.29 is 37.9 Å². The summed E-state index contributed by atoms with van der Waals surface area (Å²) < 4.78 is 26.9. The second-order valence-corrected chi connectivity index (χ2v) is 17.2. The minimum absolute atomic E-state index is 0.0758. The average molecular weight is 814 g/mol. The number of allylic oxidation sites excluding steroid dienone is 4. The molecule has 3 N–H and O–H groups in total. The average Bonchev–Trinajstić information content (AvgIpc) is 3.18. The fourth-order valence-corrected chi connectivity index (χ4v) is 7.35. The van der Waals surface area contributed by atoms with Crippen molar-refractivity contribution in [3.63, 3.8) is 0 Å². The van der Waals surface area contributed by atoms with Gasteiger partial charge >= 0.3 is 13.8 Å². The van der Waals surface area contributed by atoms with Crippen molar-refractivity contribution in [2.45, 2.75) is 232 Å². The van der Waals surface area contributed by atoms with Crippen LogP contribution < -0.4 is 5.32 Å². The third-order valence-corrected chi connectivity index (χ3v) is 11.1. The van der Waals surface area contributed by atoms with Crippen LogP contribution in [0.4, 0.5) is 0 Å². The number of unbranched alkanes of at least 4 members (excludes halogenated alkanes) is 27. The number of hydrogen-bond donors (Lipinski definition) is 3. The Morgan fingerprint density at radius 3 is 1.50 bits per heavy atom. The van der Waals surface area contributed by atoms with Gasteiger partial charge in [-0.25, -0.2) is 4.57 Å². The standard InChI is InChI=1S/C46H88NO8P/c1-3-5-7-9-11-13-15-17-18-19-20-21-22-23-24-25-27-29-31-33-35-37-39-46(50)53-42-44(48)43-55-56(51,52)54-41-40-47-45(49)38-36-34-32-30-28-26-16-14-12-10-8-6-4-2/h8,10,14,16,44,48H,3-7,9,11-13,15,17-43H2,1-2H3,(H,47,49)(H,51,52)/b10-8-,16-14-. The van der Waals surface area contributed by atoms with Crippen LogP contribution in [-0.2, 0) is 27.9 Å². The van der Waals surface area contributed by atoms with E-state index in [0.717, 1.165) is 70.6 Å². The van der Waals surface area contributed by atoms with Crippen molar-refractivity contribution in [2.75, 3.05) is 26.4 Å². The molecule has 0 radical (unpaired) electrons. The normalized spacial score (nSPS) is 13.4. The summed E-state index contributed by atoms with van der Waals surface area (Å²) in [6.45, 7) is 3.50. The quantitative estimate of drug-likeness (QED) is 0.0240. The molecule has 0 aromatic rings. The first-order chi connectivity index (χ1) is 27.3. The molecule has 0 bridgehead atoms. The number of esters is 1. The Kier molecular flexibility index (Phi) is 41.9. The van der Waals surface area contributed by atoms with Crippen LogP contribution in [0.3, 0.4) is 0 Å². The lowest BCUT2D eigenvalue weighted by Gasteiger charge is -2.15. The fourth-order valence-electron chi connectivity index (χ4n) is 6.60. The first-order valence-corrected chi connectivity index (χ1v) is 24.8. The largest absolute Gasteiger partial charge is 0.472 e. The number of aliphatic hydroxyl groups excluding tert-OH is 1. The first kappa shape index (κ1) is 54.5. The van der Waals surface area contributed by atoms with Gasteiger partial charge in [-0.05, 0) is 38.5 Å². The molecule has 0 rings (SSSR count). The topological polar surface area (TPSA) is 131 Å². The Morgan fingerprint density at radius 1 is 0.554 bits per heavy atom. The molecule has 0 heterocycles. The number of phosphoric ester groups is 1. The summed E-state index contributed by atoms with van der Waals surface area (Å²) in [5, 5.41) is 12.7. The Hall–Kier alpha value is -1.51.